The molecule has 0 spiro atoms. The molecule has 17 heavy (non-hydrogen) atoms. The molecule has 0 bridgehead atoms. The molecular formula is C13H23NO3. The number of rotatable bonds is 6. The number of unbranched alkanes of at least 4 members (excludes halogenated alkanes) is 1. The number of carbonyl (C=O) groups excluding carboxylic acids is 1. The van der Waals surface area contributed by atoms with Crippen LogP contribution in [0.25, 0.3) is 0 Å². The maximum absolute atomic E-state index is 11.9. The van der Waals surface area contributed by atoms with E-state index in [0.29, 0.717) is 19.0 Å². The van der Waals surface area contributed by atoms with Crippen molar-refractivity contribution in [3.63, 3.8) is 0 Å². The number of nitrogens with zero attached hydrogens (tertiary/aromatic N) is 1. The van der Waals surface area contributed by atoms with Crippen molar-refractivity contribution < 1.29 is 15.0 Å². The third kappa shape index (κ3) is 4.48. The van der Waals surface area contributed by atoms with Crippen LogP contribution in [0.1, 0.15) is 32.6 Å². The van der Waals surface area contributed by atoms with Gasteiger partial charge in [-0.15, -0.1) is 0 Å². The van der Waals surface area contributed by atoms with Crippen LogP contribution >= 0.6 is 0 Å². The smallest absolute Gasteiger partial charge is 0.255 e. The first-order valence-corrected chi connectivity index (χ1v) is 6.43. The summed E-state index contributed by atoms with van der Waals surface area (Å²) >= 11 is 0. The van der Waals surface area contributed by atoms with E-state index in [4.69, 9.17) is 5.11 Å². The monoisotopic (exact) mass is 241 g/mol. The Balaban J connectivity index is 2.37. The van der Waals surface area contributed by atoms with Crippen LogP contribution in [0.5, 0.6) is 0 Å². The van der Waals surface area contributed by atoms with E-state index >= 15 is 0 Å². The lowest BCUT2D eigenvalue weighted by Crippen LogP contribution is -2.36. The van der Waals surface area contributed by atoms with Gasteiger partial charge in [0, 0.05) is 19.7 Å². The van der Waals surface area contributed by atoms with Crippen molar-refractivity contribution >= 4 is 5.91 Å². The maximum Gasteiger partial charge on any atom is 0.255 e. The predicted molar refractivity (Wildman–Crippen MR) is 66.4 cm³/mol. The Morgan fingerprint density at radius 3 is 3.00 bits per heavy atom. The zero-order valence-electron chi connectivity index (χ0n) is 10.5. The molecule has 98 valence electrons. The minimum atomic E-state index is -1.01. The van der Waals surface area contributed by atoms with E-state index in [-0.39, 0.29) is 12.5 Å². The van der Waals surface area contributed by atoms with Gasteiger partial charge in [0.25, 0.3) is 5.91 Å². The molecule has 1 saturated heterocycles. The summed E-state index contributed by atoms with van der Waals surface area (Å²) in [5.41, 5.74) is 0. The predicted octanol–water partition coefficient (Wildman–Crippen LogP) is 0.935. The van der Waals surface area contributed by atoms with Crippen LogP contribution in [-0.2, 0) is 4.79 Å². The van der Waals surface area contributed by atoms with Gasteiger partial charge in [0.2, 0.25) is 0 Å². The van der Waals surface area contributed by atoms with Crippen LogP contribution in [0.2, 0.25) is 0 Å². The Labute approximate surface area is 103 Å². The lowest BCUT2D eigenvalue weighted by atomic mass is 10.1. The molecule has 1 heterocycles. The van der Waals surface area contributed by atoms with Crippen LogP contribution < -0.4 is 0 Å². The fraction of sp³-hybridized carbons (Fsp3) is 0.769. The molecule has 2 atom stereocenters. The first kappa shape index (κ1) is 14.2. The van der Waals surface area contributed by atoms with E-state index in [1.54, 1.807) is 11.0 Å². The molecule has 0 aromatic carbocycles. The van der Waals surface area contributed by atoms with Crippen molar-refractivity contribution in [2.24, 2.45) is 5.92 Å². The van der Waals surface area contributed by atoms with Crippen molar-refractivity contribution in [3.05, 3.63) is 12.2 Å². The summed E-state index contributed by atoms with van der Waals surface area (Å²) in [5.74, 6) is 0.175. The van der Waals surface area contributed by atoms with Crippen LogP contribution in [0.3, 0.4) is 0 Å². The molecule has 4 nitrogen and oxygen atoms in total. The minimum absolute atomic E-state index is 0.172. The Kier molecular flexibility index (Phi) is 6.22. The number of likely N-dealkylation sites (tertiary alicyclic amines) is 1. The van der Waals surface area contributed by atoms with E-state index in [1.807, 2.05) is 6.08 Å². The van der Waals surface area contributed by atoms with E-state index in [0.717, 1.165) is 25.7 Å². The average Bonchev–Trinajstić information content (AvgIpc) is 2.77. The SMILES string of the molecule is CCC/C=C/C(O)C(=O)N1CCC(CCO)C1. The quantitative estimate of drug-likeness (QED) is 0.680. The highest BCUT2D eigenvalue weighted by Gasteiger charge is 2.28. The first-order valence-electron chi connectivity index (χ1n) is 6.43. The van der Waals surface area contributed by atoms with Crippen LogP contribution in [0.4, 0.5) is 0 Å². The van der Waals surface area contributed by atoms with E-state index in [1.165, 1.54) is 0 Å². The van der Waals surface area contributed by atoms with Crippen molar-refractivity contribution in [1.29, 1.82) is 0 Å². The molecular weight excluding hydrogens is 218 g/mol. The average molecular weight is 241 g/mol. The Bertz CT molecular complexity index is 265. The highest BCUT2D eigenvalue weighted by molar-refractivity contribution is 5.82. The van der Waals surface area contributed by atoms with Gasteiger partial charge in [0.15, 0.2) is 6.10 Å². The van der Waals surface area contributed by atoms with Crippen LogP contribution in [-0.4, -0.2) is 46.8 Å². The summed E-state index contributed by atoms with van der Waals surface area (Å²) in [7, 11) is 0. The molecule has 2 N–H and O–H groups in total. The fourth-order valence-corrected chi connectivity index (χ4v) is 2.11. The topological polar surface area (TPSA) is 60.8 Å². The number of allylic oxidation sites excluding steroid dienone is 1. The molecule has 0 aromatic rings. The molecule has 0 aliphatic carbocycles. The third-order valence-electron chi connectivity index (χ3n) is 3.16. The normalized spacial score (nSPS) is 22.3. The number of hydrogen-bond donors (Lipinski definition) is 2. The van der Waals surface area contributed by atoms with E-state index in [9.17, 15) is 9.90 Å². The lowest BCUT2D eigenvalue weighted by molar-refractivity contribution is -0.136. The fourth-order valence-electron chi connectivity index (χ4n) is 2.11. The molecule has 1 rings (SSSR count). The van der Waals surface area contributed by atoms with Gasteiger partial charge >= 0.3 is 0 Å². The van der Waals surface area contributed by atoms with Crippen LogP contribution in [0.15, 0.2) is 12.2 Å². The number of carbonyl (C=O) groups is 1. The van der Waals surface area contributed by atoms with E-state index in [2.05, 4.69) is 6.92 Å². The summed E-state index contributed by atoms with van der Waals surface area (Å²) in [6, 6.07) is 0. The van der Waals surface area contributed by atoms with Gasteiger partial charge in [-0.1, -0.05) is 25.5 Å². The second kappa shape index (κ2) is 7.45. The Morgan fingerprint density at radius 1 is 1.59 bits per heavy atom. The number of aliphatic hydroxyl groups excluding tert-OH is 2. The molecule has 4 heteroatoms. The molecule has 1 aliphatic heterocycles. The van der Waals surface area contributed by atoms with Gasteiger partial charge in [0.05, 0.1) is 0 Å². The van der Waals surface area contributed by atoms with Crippen molar-refractivity contribution in [2.45, 2.75) is 38.7 Å². The summed E-state index contributed by atoms with van der Waals surface area (Å²) < 4.78 is 0. The molecule has 0 aromatic heterocycles. The Hall–Kier alpha value is -0.870. The molecule has 1 fully saturated rings. The lowest BCUT2D eigenvalue weighted by Gasteiger charge is -2.18. The van der Waals surface area contributed by atoms with Gasteiger partial charge in [-0.05, 0) is 25.2 Å². The second-order valence-electron chi connectivity index (χ2n) is 4.61. The Morgan fingerprint density at radius 2 is 2.35 bits per heavy atom. The largest absolute Gasteiger partial charge is 0.396 e. The number of aliphatic hydroxyl groups is 2. The first-order chi connectivity index (χ1) is 8.19. The van der Waals surface area contributed by atoms with Gasteiger partial charge < -0.3 is 15.1 Å². The van der Waals surface area contributed by atoms with Crippen molar-refractivity contribution in [1.82, 2.24) is 4.90 Å². The summed E-state index contributed by atoms with van der Waals surface area (Å²) in [5, 5.41) is 18.5. The van der Waals surface area contributed by atoms with Gasteiger partial charge in [-0.3, -0.25) is 4.79 Å². The van der Waals surface area contributed by atoms with Gasteiger partial charge in [0.1, 0.15) is 0 Å². The zero-order valence-corrected chi connectivity index (χ0v) is 10.5. The van der Waals surface area contributed by atoms with Gasteiger partial charge in [-0.25, -0.2) is 0 Å². The summed E-state index contributed by atoms with van der Waals surface area (Å²) in [4.78, 5) is 13.5. The van der Waals surface area contributed by atoms with Gasteiger partial charge in [-0.2, -0.15) is 0 Å². The summed E-state index contributed by atoms with van der Waals surface area (Å²) in [6.45, 7) is 3.59. The number of hydrogen-bond acceptors (Lipinski definition) is 3. The van der Waals surface area contributed by atoms with Crippen LogP contribution in [0, 0.1) is 5.92 Å². The molecule has 0 saturated carbocycles. The highest BCUT2D eigenvalue weighted by Crippen LogP contribution is 2.19. The highest BCUT2D eigenvalue weighted by atomic mass is 16.3. The number of amides is 1. The third-order valence-corrected chi connectivity index (χ3v) is 3.16. The molecule has 2 unspecified atom stereocenters. The molecule has 0 radical (unpaired) electrons. The zero-order chi connectivity index (χ0) is 12.7. The second-order valence-corrected chi connectivity index (χ2v) is 4.61. The summed E-state index contributed by atoms with van der Waals surface area (Å²) in [6.07, 6.45) is 5.99. The van der Waals surface area contributed by atoms with Crippen molar-refractivity contribution in [2.75, 3.05) is 19.7 Å². The molecule has 1 aliphatic rings. The minimum Gasteiger partial charge on any atom is -0.396 e. The maximum atomic E-state index is 11.9. The van der Waals surface area contributed by atoms with Crippen molar-refractivity contribution in [3.8, 4) is 0 Å². The van der Waals surface area contributed by atoms with E-state index < -0.39 is 6.10 Å². The molecule has 1 amide bonds. The standard InChI is InChI=1S/C13H23NO3/c1-2-3-4-5-12(16)13(17)14-8-6-11(10-14)7-9-15/h4-5,11-12,15-16H,2-3,6-10H2,1H3/b5-4+.